The molecule has 2 unspecified atom stereocenters. The minimum absolute atomic E-state index is 0.0861. The van der Waals surface area contributed by atoms with Gasteiger partial charge in [-0.05, 0) is 13.3 Å². The van der Waals surface area contributed by atoms with Crippen molar-refractivity contribution in [1.29, 1.82) is 0 Å². The third kappa shape index (κ3) is 1.61. The van der Waals surface area contributed by atoms with Crippen LogP contribution in [0.1, 0.15) is 27.2 Å². The zero-order chi connectivity index (χ0) is 11.1. The van der Waals surface area contributed by atoms with Gasteiger partial charge in [0.15, 0.2) is 0 Å². The van der Waals surface area contributed by atoms with Crippen molar-refractivity contribution in [1.82, 2.24) is 10.2 Å². The third-order valence-corrected chi connectivity index (χ3v) is 3.76. The lowest BCUT2D eigenvalue weighted by molar-refractivity contribution is -0.136. The van der Waals surface area contributed by atoms with Gasteiger partial charge < -0.3 is 15.0 Å². The predicted octanol–water partition coefficient (Wildman–Crippen LogP) is 1.22. The first-order valence-electron chi connectivity index (χ1n) is 5.73. The van der Waals surface area contributed by atoms with Gasteiger partial charge in [0.1, 0.15) is 0 Å². The normalized spacial score (nSPS) is 33.8. The summed E-state index contributed by atoms with van der Waals surface area (Å²) in [5.41, 5.74) is 0.0949. The summed E-state index contributed by atoms with van der Waals surface area (Å²) in [6.07, 6.45) is 1.29. The monoisotopic (exact) mass is 212 g/mol. The molecule has 0 aromatic rings. The van der Waals surface area contributed by atoms with E-state index in [0.717, 1.165) is 26.1 Å². The highest BCUT2D eigenvalue weighted by atomic mass is 16.5. The Hall–Kier alpha value is -0.770. The van der Waals surface area contributed by atoms with Crippen LogP contribution in [0.25, 0.3) is 0 Å². The molecule has 2 aliphatic rings. The van der Waals surface area contributed by atoms with E-state index in [1.807, 2.05) is 11.8 Å². The summed E-state index contributed by atoms with van der Waals surface area (Å²) in [7, 11) is 0. The Bertz CT molecular complexity index is 265. The molecule has 86 valence electrons. The highest BCUT2D eigenvalue weighted by molar-refractivity contribution is 5.76. The van der Waals surface area contributed by atoms with Gasteiger partial charge in [-0.3, -0.25) is 0 Å². The van der Waals surface area contributed by atoms with Crippen LogP contribution in [-0.2, 0) is 4.74 Å². The highest BCUT2D eigenvalue weighted by Crippen LogP contribution is 2.46. The fourth-order valence-electron chi connectivity index (χ4n) is 2.66. The molecule has 0 aromatic heterocycles. The molecule has 1 aliphatic carbocycles. The van der Waals surface area contributed by atoms with Crippen molar-refractivity contribution in [2.45, 2.75) is 39.3 Å². The number of nitrogens with zero attached hydrogens (tertiary/aromatic N) is 1. The molecule has 4 heteroatoms. The quantitative estimate of drug-likeness (QED) is 0.764. The second-order valence-corrected chi connectivity index (χ2v) is 4.94. The van der Waals surface area contributed by atoms with E-state index in [1.165, 1.54) is 0 Å². The van der Waals surface area contributed by atoms with E-state index in [0.29, 0.717) is 12.1 Å². The molecule has 2 rings (SSSR count). The number of urea groups is 1. The maximum absolute atomic E-state index is 11.5. The number of carbonyl (C=O) groups excluding carboxylic acids is 1. The first-order chi connectivity index (χ1) is 7.07. The van der Waals surface area contributed by atoms with E-state index >= 15 is 0 Å². The number of hydrogen-bond acceptors (Lipinski definition) is 2. The molecular weight excluding hydrogens is 192 g/mol. The summed E-state index contributed by atoms with van der Waals surface area (Å²) < 4.78 is 5.66. The van der Waals surface area contributed by atoms with Crippen LogP contribution < -0.4 is 5.32 Å². The van der Waals surface area contributed by atoms with Gasteiger partial charge in [0.25, 0.3) is 0 Å². The van der Waals surface area contributed by atoms with Gasteiger partial charge in [0.2, 0.25) is 0 Å². The third-order valence-electron chi connectivity index (χ3n) is 3.76. The summed E-state index contributed by atoms with van der Waals surface area (Å²) in [5.74, 6) is 0. The molecule has 1 saturated carbocycles. The molecule has 4 nitrogen and oxygen atoms in total. The molecule has 15 heavy (non-hydrogen) atoms. The number of nitrogens with one attached hydrogen (secondary N) is 1. The Balaban J connectivity index is 1.99. The van der Waals surface area contributed by atoms with Crippen molar-refractivity contribution in [2.24, 2.45) is 5.41 Å². The Morgan fingerprint density at radius 2 is 2.33 bits per heavy atom. The van der Waals surface area contributed by atoms with Crippen LogP contribution in [0.5, 0.6) is 0 Å². The maximum atomic E-state index is 11.5. The van der Waals surface area contributed by atoms with Gasteiger partial charge in [-0.2, -0.15) is 0 Å². The fourth-order valence-corrected chi connectivity index (χ4v) is 2.66. The largest absolute Gasteiger partial charge is 0.378 e. The van der Waals surface area contributed by atoms with Crippen LogP contribution >= 0.6 is 0 Å². The smallest absolute Gasteiger partial charge is 0.317 e. The molecule has 0 radical (unpaired) electrons. The topological polar surface area (TPSA) is 41.6 Å². The first kappa shape index (κ1) is 10.7. The average Bonchev–Trinajstić information content (AvgIpc) is 2.58. The van der Waals surface area contributed by atoms with E-state index in [2.05, 4.69) is 19.2 Å². The van der Waals surface area contributed by atoms with Crippen molar-refractivity contribution in [3.05, 3.63) is 0 Å². The van der Waals surface area contributed by atoms with E-state index in [-0.39, 0.29) is 11.4 Å². The number of carbonyl (C=O) groups is 1. The number of amides is 2. The van der Waals surface area contributed by atoms with E-state index in [4.69, 9.17) is 4.74 Å². The zero-order valence-corrected chi connectivity index (χ0v) is 9.75. The van der Waals surface area contributed by atoms with Gasteiger partial charge >= 0.3 is 6.03 Å². The van der Waals surface area contributed by atoms with Gasteiger partial charge in [-0.15, -0.1) is 0 Å². The van der Waals surface area contributed by atoms with Crippen molar-refractivity contribution < 1.29 is 9.53 Å². The minimum Gasteiger partial charge on any atom is -0.378 e. The first-order valence-corrected chi connectivity index (χ1v) is 5.73. The van der Waals surface area contributed by atoms with Crippen molar-refractivity contribution in [3.63, 3.8) is 0 Å². The summed E-state index contributed by atoms with van der Waals surface area (Å²) in [5, 5.41) is 2.85. The lowest BCUT2D eigenvalue weighted by Gasteiger charge is -2.54. The van der Waals surface area contributed by atoms with Gasteiger partial charge in [0.05, 0.1) is 6.10 Å². The molecule has 1 saturated heterocycles. The summed E-state index contributed by atoms with van der Waals surface area (Å²) in [6, 6.07) is 0.430. The van der Waals surface area contributed by atoms with E-state index in [1.54, 1.807) is 0 Å². The molecule has 0 spiro atoms. The molecule has 1 N–H and O–H groups in total. The minimum atomic E-state index is 0.0861. The Morgan fingerprint density at radius 3 is 2.80 bits per heavy atom. The van der Waals surface area contributed by atoms with E-state index < -0.39 is 0 Å². The lowest BCUT2D eigenvalue weighted by atomic mass is 9.64. The Labute approximate surface area is 91.0 Å². The summed E-state index contributed by atoms with van der Waals surface area (Å²) in [4.78, 5) is 13.5. The lowest BCUT2D eigenvalue weighted by Crippen LogP contribution is -2.62. The van der Waals surface area contributed by atoms with Crippen LogP contribution in [0.15, 0.2) is 0 Å². The van der Waals surface area contributed by atoms with Gasteiger partial charge in [0, 0.05) is 31.2 Å². The van der Waals surface area contributed by atoms with Crippen LogP contribution in [0.4, 0.5) is 4.79 Å². The second kappa shape index (κ2) is 3.67. The number of hydrogen-bond donors (Lipinski definition) is 1. The second-order valence-electron chi connectivity index (χ2n) is 4.94. The van der Waals surface area contributed by atoms with Crippen molar-refractivity contribution >= 4 is 6.03 Å². The summed E-state index contributed by atoms with van der Waals surface area (Å²) in [6.45, 7) is 8.77. The van der Waals surface area contributed by atoms with Crippen molar-refractivity contribution in [3.8, 4) is 0 Å². The van der Waals surface area contributed by atoms with Gasteiger partial charge in [-0.1, -0.05) is 13.8 Å². The standard InChI is InChI=1S/C11H20N2O2/c1-4-15-9-7-8(11(9,2)3)13-6-5-12-10(13)14/h8-9H,4-7H2,1-3H3,(H,12,14). The molecule has 2 atom stereocenters. The Kier molecular flexibility index (Phi) is 2.63. The average molecular weight is 212 g/mol. The van der Waals surface area contributed by atoms with Crippen LogP contribution in [0.2, 0.25) is 0 Å². The number of ether oxygens (including phenoxy) is 1. The molecule has 2 amide bonds. The summed E-state index contributed by atoms with van der Waals surface area (Å²) >= 11 is 0. The van der Waals surface area contributed by atoms with Crippen LogP contribution in [-0.4, -0.2) is 42.8 Å². The molecule has 0 aromatic carbocycles. The number of rotatable bonds is 3. The van der Waals surface area contributed by atoms with Crippen LogP contribution in [0.3, 0.4) is 0 Å². The molecule has 0 bridgehead atoms. The maximum Gasteiger partial charge on any atom is 0.317 e. The van der Waals surface area contributed by atoms with E-state index in [9.17, 15) is 4.79 Å². The zero-order valence-electron chi connectivity index (χ0n) is 9.75. The Morgan fingerprint density at radius 1 is 1.60 bits per heavy atom. The molecule has 1 heterocycles. The molecule has 2 fully saturated rings. The fraction of sp³-hybridized carbons (Fsp3) is 0.909. The van der Waals surface area contributed by atoms with Crippen molar-refractivity contribution in [2.75, 3.05) is 19.7 Å². The van der Waals surface area contributed by atoms with Crippen LogP contribution in [0, 0.1) is 5.41 Å². The highest BCUT2D eigenvalue weighted by Gasteiger charge is 2.53. The molecular formula is C11H20N2O2. The van der Waals surface area contributed by atoms with Gasteiger partial charge in [-0.25, -0.2) is 4.79 Å². The molecule has 1 aliphatic heterocycles. The SMILES string of the molecule is CCOC1CC(N2CCNC2=O)C1(C)C. The predicted molar refractivity (Wildman–Crippen MR) is 57.7 cm³/mol.